The Morgan fingerprint density at radius 2 is 2.00 bits per heavy atom. The highest BCUT2D eigenvalue weighted by atomic mass is 127. The largest absolute Gasteiger partial charge is 0.496 e. The average molecular weight is 525 g/mol. The standard InChI is InChI=1S/C22H31N5O2.HI/c1-15-12-24-18(16(2)21(15)29-5)13-25-22(23-3)26-17-10-11-27(14-17)19-8-6-7-9-20(19)28-4;/h6-9,12,17H,10-11,13-14H2,1-5H3,(H2,23,25,26);1H. The number of aliphatic imine (C=N–C) groups is 1. The SMILES string of the molecule is CN=C(NCc1ncc(C)c(OC)c1C)NC1CCN(c2ccccc2OC)C1.I. The Hall–Kier alpha value is -2.23. The minimum Gasteiger partial charge on any atom is -0.496 e. The maximum atomic E-state index is 5.51. The van der Waals surface area contributed by atoms with Gasteiger partial charge in [0.1, 0.15) is 11.5 Å². The van der Waals surface area contributed by atoms with Crippen molar-refractivity contribution in [2.24, 2.45) is 4.99 Å². The first-order valence-electron chi connectivity index (χ1n) is 9.91. The van der Waals surface area contributed by atoms with Crippen LogP contribution in [0.25, 0.3) is 0 Å². The monoisotopic (exact) mass is 525 g/mol. The normalized spacial score (nSPS) is 16.1. The van der Waals surface area contributed by atoms with E-state index in [1.54, 1.807) is 21.3 Å². The molecule has 1 aromatic carbocycles. The molecule has 7 nitrogen and oxygen atoms in total. The van der Waals surface area contributed by atoms with E-state index in [0.29, 0.717) is 12.6 Å². The molecule has 0 spiro atoms. The number of nitrogens with one attached hydrogen (secondary N) is 2. The van der Waals surface area contributed by atoms with Gasteiger partial charge in [-0.15, -0.1) is 24.0 Å². The predicted molar refractivity (Wildman–Crippen MR) is 133 cm³/mol. The second-order valence-corrected chi connectivity index (χ2v) is 7.22. The van der Waals surface area contributed by atoms with Gasteiger partial charge in [-0.3, -0.25) is 9.98 Å². The third-order valence-corrected chi connectivity index (χ3v) is 5.35. The second-order valence-electron chi connectivity index (χ2n) is 7.22. The summed E-state index contributed by atoms with van der Waals surface area (Å²) >= 11 is 0. The zero-order valence-corrected chi connectivity index (χ0v) is 20.7. The van der Waals surface area contributed by atoms with E-state index in [9.17, 15) is 0 Å². The van der Waals surface area contributed by atoms with E-state index in [4.69, 9.17) is 9.47 Å². The third kappa shape index (κ3) is 5.47. The van der Waals surface area contributed by atoms with Crippen LogP contribution < -0.4 is 25.0 Å². The lowest BCUT2D eigenvalue weighted by atomic mass is 10.1. The number of anilines is 1. The fourth-order valence-electron chi connectivity index (χ4n) is 3.79. The number of hydrogen-bond donors (Lipinski definition) is 2. The van der Waals surface area contributed by atoms with Gasteiger partial charge in [-0.2, -0.15) is 0 Å². The van der Waals surface area contributed by atoms with Gasteiger partial charge < -0.3 is 25.0 Å². The molecular formula is C22H32IN5O2. The van der Waals surface area contributed by atoms with Crippen LogP contribution in [0, 0.1) is 13.8 Å². The van der Waals surface area contributed by atoms with Crippen LogP contribution >= 0.6 is 24.0 Å². The minimum absolute atomic E-state index is 0. The Labute approximate surface area is 196 Å². The van der Waals surface area contributed by atoms with Crippen LogP contribution in [0.2, 0.25) is 0 Å². The number of hydrogen-bond acceptors (Lipinski definition) is 5. The molecule has 2 N–H and O–H groups in total. The van der Waals surface area contributed by atoms with Crippen LogP contribution in [-0.2, 0) is 6.54 Å². The van der Waals surface area contributed by atoms with E-state index in [2.05, 4.69) is 31.6 Å². The number of benzene rings is 1. The average Bonchev–Trinajstić information content (AvgIpc) is 3.20. The van der Waals surface area contributed by atoms with Crippen LogP contribution in [0.15, 0.2) is 35.5 Å². The molecule has 0 aliphatic carbocycles. The van der Waals surface area contributed by atoms with E-state index in [1.807, 2.05) is 38.2 Å². The van der Waals surface area contributed by atoms with Crippen molar-refractivity contribution in [3.05, 3.63) is 47.3 Å². The summed E-state index contributed by atoms with van der Waals surface area (Å²) in [7, 11) is 5.20. The molecule has 1 unspecified atom stereocenters. The first kappa shape index (κ1) is 24.0. The predicted octanol–water partition coefficient (Wildman–Crippen LogP) is 3.28. The summed E-state index contributed by atoms with van der Waals surface area (Å²) < 4.78 is 11.0. The molecule has 0 bridgehead atoms. The maximum absolute atomic E-state index is 5.51. The molecule has 1 atom stereocenters. The van der Waals surface area contributed by atoms with Gasteiger partial charge in [0.25, 0.3) is 0 Å². The molecule has 1 aliphatic rings. The van der Waals surface area contributed by atoms with E-state index in [1.165, 1.54) is 0 Å². The van der Waals surface area contributed by atoms with Gasteiger partial charge in [-0.1, -0.05) is 12.1 Å². The Morgan fingerprint density at radius 3 is 2.70 bits per heavy atom. The van der Waals surface area contributed by atoms with Crippen LogP contribution in [0.5, 0.6) is 11.5 Å². The van der Waals surface area contributed by atoms with Crippen molar-refractivity contribution in [3.63, 3.8) is 0 Å². The fraction of sp³-hybridized carbons (Fsp3) is 0.455. The topological polar surface area (TPSA) is 71.0 Å². The Kier molecular flexibility index (Phi) is 9.01. The molecule has 2 heterocycles. The number of aromatic nitrogens is 1. The van der Waals surface area contributed by atoms with Gasteiger partial charge in [0, 0.05) is 43.5 Å². The number of aryl methyl sites for hydroxylation is 1. The van der Waals surface area contributed by atoms with Crippen LogP contribution in [0.3, 0.4) is 0 Å². The van der Waals surface area contributed by atoms with Crippen LogP contribution in [0.1, 0.15) is 23.2 Å². The molecule has 2 aromatic rings. The summed E-state index contributed by atoms with van der Waals surface area (Å²) in [5.74, 6) is 2.58. The quantitative estimate of drug-likeness (QED) is 0.343. The number of ether oxygens (including phenoxy) is 2. The second kappa shape index (κ2) is 11.2. The molecule has 1 aliphatic heterocycles. The highest BCUT2D eigenvalue weighted by molar-refractivity contribution is 14.0. The van der Waals surface area contributed by atoms with Crippen molar-refractivity contribution in [1.82, 2.24) is 15.6 Å². The molecule has 0 saturated carbocycles. The summed E-state index contributed by atoms with van der Waals surface area (Å²) in [6, 6.07) is 8.46. The van der Waals surface area contributed by atoms with Gasteiger partial charge >= 0.3 is 0 Å². The molecule has 3 rings (SSSR count). The van der Waals surface area contributed by atoms with Crippen LogP contribution in [0.4, 0.5) is 5.69 Å². The van der Waals surface area contributed by atoms with Crippen LogP contribution in [-0.4, -0.2) is 51.3 Å². The summed E-state index contributed by atoms with van der Waals surface area (Å²) in [5.41, 5.74) is 4.18. The van der Waals surface area contributed by atoms with Crippen molar-refractivity contribution in [1.29, 1.82) is 0 Å². The molecule has 0 radical (unpaired) electrons. The van der Waals surface area contributed by atoms with Crippen molar-refractivity contribution in [3.8, 4) is 11.5 Å². The van der Waals surface area contributed by atoms with Gasteiger partial charge in [-0.25, -0.2) is 0 Å². The van der Waals surface area contributed by atoms with Gasteiger partial charge in [0.15, 0.2) is 5.96 Å². The number of pyridine rings is 1. The van der Waals surface area contributed by atoms with E-state index in [-0.39, 0.29) is 24.0 Å². The molecule has 0 amide bonds. The zero-order valence-electron chi connectivity index (χ0n) is 18.4. The molecule has 30 heavy (non-hydrogen) atoms. The number of methoxy groups -OCH3 is 2. The number of rotatable bonds is 6. The molecule has 1 saturated heterocycles. The summed E-state index contributed by atoms with van der Waals surface area (Å²) in [5, 5.41) is 6.91. The maximum Gasteiger partial charge on any atom is 0.191 e. The zero-order chi connectivity index (χ0) is 20.8. The Bertz CT molecular complexity index is 875. The molecule has 8 heteroatoms. The summed E-state index contributed by atoms with van der Waals surface area (Å²) in [4.78, 5) is 11.3. The molecule has 1 fully saturated rings. The van der Waals surface area contributed by atoms with Gasteiger partial charge in [-0.05, 0) is 32.4 Å². The smallest absolute Gasteiger partial charge is 0.191 e. The van der Waals surface area contributed by atoms with E-state index >= 15 is 0 Å². The lowest BCUT2D eigenvalue weighted by Crippen LogP contribution is -2.44. The first-order valence-corrected chi connectivity index (χ1v) is 9.91. The van der Waals surface area contributed by atoms with Crippen molar-refractivity contribution in [2.45, 2.75) is 32.9 Å². The number of halogens is 1. The Morgan fingerprint density at radius 1 is 1.23 bits per heavy atom. The molecular weight excluding hydrogens is 493 g/mol. The summed E-state index contributed by atoms with van der Waals surface area (Å²) in [6.07, 6.45) is 2.88. The van der Waals surface area contributed by atoms with Crippen molar-refractivity contribution < 1.29 is 9.47 Å². The first-order chi connectivity index (χ1) is 14.1. The highest BCUT2D eigenvalue weighted by Gasteiger charge is 2.25. The van der Waals surface area contributed by atoms with Gasteiger partial charge in [0.2, 0.25) is 0 Å². The number of guanidine groups is 1. The molecule has 164 valence electrons. The third-order valence-electron chi connectivity index (χ3n) is 5.35. The van der Waals surface area contributed by atoms with Gasteiger partial charge in [0.05, 0.1) is 32.1 Å². The molecule has 1 aromatic heterocycles. The van der Waals surface area contributed by atoms with Crippen molar-refractivity contribution >= 4 is 35.6 Å². The Balaban J connectivity index is 0.00000320. The fourth-order valence-corrected chi connectivity index (χ4v) is 3.79. The summed E-state index contributed by atoms with van der Waals surface area (Å²) in [6.45, 7) is 6.50. The minimum atomic E-state index is 0. The lowest BCUT2D eigenvalue weighted by molar-refractivity contribution is 0.406. The number of para-hydroxylation sites is 2. The van der Waals surface area contributed by atoms with E-state index < -0.39 is 0 Å². The number of nitrogens with zero attached hydrogens (tertiary/aromatic N) is 3. The highest BCUT2D eigenvalue weighted by Crippen LogP contribution is 2.30. The van der Waals surface area contributed by atoms with Crippen molar-refractivity contribution in [2.75, 3.05) is 39.3 Å². The lowest BCUT2D eigenvalue weighted by Gasteiger charge is -2.22. The van der Waals surface area contributed by atoms with E-state index in [0.717, 1.165) is 59.5 Å².